The minimum Gasteiger partial charge on any atom is -0.324 e. The average Bonchev–Trinajstić information content (AvgIpc) is 3.09. The van der Waals surface area contributed by atoms with Crippen LogP contribution in [0.2, 0.25) is 0 Å². The highest BCUT2D eigenvalue weighted by Crippen LogP contribution is 2.38. The third kappa shape index (κ3) is 2.27. The van der Waals surface area contributed by atoms with Gasteiger partial charge >= 0.3 is 0 Å². The average molecular weight is 310 g/mol. The van der Waals surface area contributed by atoms with Crippen molar-refractivity contribution in [2.75, 3.05) is 5.32 Å². The Morgan fingerprint density at radius 2 is 2.22 bits per heavy atom. The van der Waals surface area contributed by atoms with Crippen molar-refractivity contribution < 1.29 is 4.39 Å². The highest BCUT2D eigenvalue weighted by Gasteiger charge is 2.26. The summed E-state index contributed by atoms with van der Waals surface area (Å²) >= 11 is 3.41. The summed E-state index contributed by atoms with van der Waals surface area (Å²) in [6.07, 6.45) is 4.41. The standard InChI is InChI=1S/C13H13BrFN3/c1-8-7-18(10-3-4-10)13(16-8)17-12-6-9(15)2-5-11(12)14/h2,5-7,10H,3-4H2,1H3,(H,16,17). The number of halogens is 2. The van der Waals surface area contributed by atoms with E-state index in [1.54, 1.807) is 6.07 Å². The zero-order chi connectivity index (χ0) is 12.7. The van der Waals surface area contributed by atoms with E-state index in [9.17, 15) is 4.39 Å². The van der Waals surface area contributed by atoms with Crippen LogP contribution >= 0.6 is 15.9 Å². The quantitative estimate of drug-likeness (QED) is 0.922. The molecule has 0 spiro atoms. The van der Waals surface area contributed by atoms with Gasteiger partial charge in [0.05, 0.1) is 11.4 Å². The molecule has 94 valence electrons. The van der Waals surface area contributed by atoms with Gasteiger partial charge < -0.3 is 9.88 Å². The molecule has 1 aliphatic rings. The Morgan fingerprint density at radius 1 is 1.44 bits per heavy atom. The van der Waals surface area contributed by atoms with Crippen LogP contribution in [0, 0.1) is 12.7 Å². The maximum absolute atomic E-state index is 13.2. The van der Waals surface area contributed by atoms with Crippen LogP contribution in [-0.4, -0.2) is 9.55 Å². The molecule has 0 atom stereocenters. The van der Waals surface area contributed by atoms with E-state index in [-0.39, 0.29) is 5.82 Å². The van der Waals surface area contributed by atoms with Crippen LogP contribution in [0.15, 0.2) is 28.9 Å². The molecule has 1 saturated carbocycles. The molecule has 0 amide bonds. The van der Waals surface area contributed by atoms with Crippen LogP contribution in [-0.2, 0) is 0 Å². The molecular formula is C13H13BrFN3. The Morgan fingerprint density at radius 3 is 2.94 bits per heavy atom. The Labute approximate surface area is 113 Å². The first-order valence-electron chi connectivity index (χ1n) is 5.91. The van der Waals surface area contributed by atoms with Gasteiger partial charge in [-0.2, -0.15) is 0 Å². The molecule has 0 bridgehead atoms. The van der Waals surface area contributed by atoms with Gasteiger partial charge in [-0.15, -0.1) is 0 Å². The second-order valence-electron chi connectivity index (χ2n) is 4.59. The lowest BCUT2D eigenvalue weighted by atomic mass is 10.3. The highest BCUT2D eigenvalue weighted by atomic mass is 79.9. The van der Waals surface area contributed by atoms with E-state index < -0.39 is 0 Å². The molecule has 0 unspecified atom stereocenters. The minimum atomic E-state index is -0.262. The predicted molar refractivity (Wildman–Crippen MR) is 72.6 cm³/mol. The zero-order valence-corrected chi connectivity index (χ0v) is 11.5. The molecule has 5 heteroatoms. The summed E-state index contributed by atoms with van der Waals surface area (Å²) in [5, 5.41) is 3.19. The number of hydrogen-bond donors (Lipinski definition) is 1. The second kappa shape index (κ2) is 4.39. The Balaban J connectivity index is 1.94. The van der Waals surface area contributed by atoms with Gasteiger partial charge in [0.25, 0.3) is 0 Å². The lowest BCUT2D eigenvalue weighted by Gasteiger charge is -2.10. The monoisotopic (exact) mass is 309 g/mol. The van der Waals surface area contributed by atoms with Crippen molar-refractivity contribution in [1.29, 1.82) is 0 Å². The summed E-state index contributed by atoms with van der Waals surface area (Å²) in [5.41, 5.74) is 1.67. The van der Waals surface area contributed by atoms with Gasteiger partial charge in [-0.25, -0.2) is 9.37 Å². The van der Waals surface area contributed by atoms with Crippen LogP contribution in [0.1, 0.15) is 24.6 Å². The van der Waals surface area contributed by atoms with Crippen LogP contribution < -0.4 is 5.32 Å². The fourth-order valence-electron chi connectivity index (χ4n) is 1.95. The van der Waals surface area contributed by atoms with E-state index >= 15 is 0 Å². The van der Waals surface area contributed by atoms with E-state index in [1.165, 1.54) is 25.0 Å². The number of anilines is 2. The molecule has 2 aromatic rings. The molecule has 1 heterocycles. The minimum absolute atomic E-state index is 0.262. The van der Waals surface area contributed by atoms with Gasteiger partial charge in [0.15, 0.2) is 0 Å². The van der Waals surface area contributed by atoms with Crippen molar-refractivity contribution >= 4 is 27.6 Å². The Hall–Kier alpha value is -1.36. The number of rotatable bonds is 3. The number of nitrogens with one attached hydrogen (secondary N) is 1. The smallest absolute Gasteiger partial charge is 0.207 e. The maximum Gasteiger partial charge on any atom is 0.207 e. The molecule has 1 N–H and O–H groups in total. The highest BCUT2D eigenvalue weighted by molar-refractivity contribution is 9.10. The normalized spacial score (nSPS) is 14.8. The Bertz CT molecular complexity index is 590. The maximum atomic E-state index is 13.2. The molecule has 0 aliphatic heterocycles. The van der Waals surface area contributed by atoms with E-state index in [0.717, 1.165) is 16.1 Å². The van der Waals surface area contributed by atoms with Crippen molar-refractivity contribution in [1.82, 2.24) is 9.55 Å². The van der Waals surface area contributed by atoms with Gasteiger partial charge in [-0.1, -0.05) is 0 Å². The van der Waals surface area contributed by atoms with Gasteiger partial charge in [0.2, 0.25) is 5.95 Å². The molecule has 1 aromatic heterocycles. The number of aromatic nitrogens is 2. The van der Waals surface area contributed by atoms with Crippen LogP contribution in [0.5, 0.6) is 0 Å². The third-order valence-corrected chi connectivity index (χ3v) is 3.66. The molecule has 18 heavy (non-hydrogen) atoms. The molecule has 1 aliphatic carbocycles. The molecular weight excluding hydrogens is 297 g/mol. The molecule has 3 rings (SSSR count). The molecule has 0 radical (unpaired) electrons. The predicted octanol–water partition coefficient (Wildman–Crippen LogP) is 4.17. The van der Waals surface area contributed by atoms with E-state index in [0.29, 0.717) is 11.7 Å². The van der Waals surface area contributed by atoms with Gasteiger partial charge in [-0.05, 0) is 53.9 Å². The summed E-state index contributed by atoms with van der Waals surface area (Å²) in [7, 11) is 0. The van der Waals surface area contributed by atoms with Crippen molar-refractivity contribution in [3.8, 4) is 0 Å². The van der Waals surface area contributed by atoms with E-state index in [4.69, 9.17) is 0 Å². The largest absolute Gasteiger partial charge is 0.324 e. The zero-order valence-electron chi connectivity index (χ0n) is 9.95. The van der Waals surface area contributed by atoms with Gasteiger partial charge in [0.1, 0.15) is 5.82 Å². The van der Waals surface area contributed by atoms with E-state index in [2.05, 4.69) is 30.8 Å². The van der Waals surface area contributed by atoms with Crippen molar-refractivity contribution in [2.24, 2.45) is 0 Å². The van der Waals surface area contributed by atoms with Crippen LogP contribution in [0.4, 0.5) is 16.0 Å². The first-order chi connectivity index (χ1) is 8.63. The van der Waals surface area contributed by atoms with Gasteiger partial charge in [0, 0.05) is 16.7 Å². The Kier molecular flexibility index (Phi) is 2.86. The third-order valence-electron chi connectivity index (χ3n) is 2.97. The summed E-state index contributed by atoms with van der Waals surface area (Å²) in [4.78, 5) is 4.45. The molecule has 0 saturated heterocycles. The summed E-state index contributed by atoms with van der Waals surface area (Å²) in [6.45, 7) is 1.96. The molecule has 3 nitrogen and oxygen atoms in total. The number of hydrogen-bond acceptors (Lipinski definition) is 2. The first kappa shape index (κ1) is 11.7. The fraction of sp³-hybridized carbons (Fsp3) is 0.308. The lowest BCUT2D eigenvalue weighted by molar-refractivity contribution is 0.628. The van der Waals surface area contributed by atoms with Crippen LogP contribution in [0.3, 0.4) is 0 Å². The molecule has 1 aromatic carbocycles. The lowest BCUT2D eigenvalue weighted by Crippen LogP contribution is -2.02. The number of benzene rings is 1. The van der Waals surface area contributed by atoms with Crippen molar-refractivity contribution in [3.63, 3.8) is 0 Å². The second-order valence-corrected chi connectivity index (χ2v) is 5.45. The topological polar surface area (TPSA) is 29.9 Å². The summed E-state index contributed by atoms with van der Waals surface area (Å²) < 4.78 is 16.2. The number of aryl methyl sites for hydroxylation is 1. The van der Waals surface area contributed by atoms with Gasteiger partial charge in [-0.3, -0.25) is 0 Å². The van der Waals surface area contributed by atoms with Crippen LogP contribution in [0.25, 0.3) is 0 Å². The fourth-order valence-corrected chi connectivity index (χ4v) is 2.30. The van der Waals surface area contributed by atoms with Crippen molar-refractivity contribution in [3.05, 3.63) is 40.4 Å². The number of nitrogens with zero attached hydrogens (tertiary/aromatic N) is 2. The van der Waals surface area contributed by atoms with E-state index in [1.807, 2.05) is 13.1 Å². The first-order valence-corrected chi connectivity index (χ1v) is 6.70. The summed E-state index contributed by atoms with van der Waals surface area (Å²) in [6, 6.07) is 5.12. The summed E-state index contributed by atoms with van der Waals surface area (Å²) in [5.74, 6) is 0.517. The number of imidazole rings is 1. The van der Waals surface area contributed by atoms with Crippen molar-refractivity contribution in [2.45, 2.75) is 25.8 Å². The molecule has 1 fully saturated rings. The SMILES string of the molecule is Cc1cn(C2CC2)c(Nc2cc(F)ccc2Br)n1.